The number of hydrogen-bond acceptors (Lipinski definition) is 2. The summed E-state index contributed by atoms with van der Waals surface area (Å²) in [4.78, 5) is 0. The monoisotopic (exact) mass is 472 g/mol. The molecule has 0 atom stereocenters. The molecule has 0 aliphatic heterocycles. The number of ether oxygens (including phenoxy) is 2. The van der Waals surface area contributed by atoms with Gasteiger partial charge in [-0.25, -0.2) is 4.39 Å². The number of rotatable bonds is 10. The molecule has 4 aromatic rings. The van der Waals surface area contributed by atoms with E-state index in [4.69, 9.17) is 9.47 Å². The van der Waals surface area contributed by atoms with E-state index in [9.17, 15) is 8.78 Å². The predicted octanol–water partition coefficient (Wildman–Crippen LogP) is 8.93. The van der Waals surface area contributed by atoms with Crippen LogP contribution in [0.3, 0.4) is 0 Å². The first-order valence-corrected chi connectivity index (χ1v) is 12.2. The van der Waals surface area contributed by atoms with Gasteiger partial charge < -0.3 is 9.47 Å². The normalized spacial score (nSPS) is 10.9. The molecule has 0 saturated carbocycles. The molecule has 0 fully saturated rings. The van der Waals surface area contributed by atoms with E-state index in [1.165, 1.54) is 6.07 Å². The first kappa shape index (κ1) is 24.5. The zero-order valence-electron chi connectivity index (χ0n) is 20.2. The Bertz CT molecular complexity index is 1230. The predicted molar refractivity (Wildman–Crippen MR) is 139 cm³/mol. The maximum absolute atomic E-state index is 14.8. The molecule has 0 spiro atoms. The van der Waals surface area contributed by atoms with E-state index in [2.05, 4.69) is 31.2 Å². The summed E-state index contributed by atoms with van der Waals surface area (Å²) < 4.78 is 40.2. The van der Waals surface area contributed by atoms with Crippen LogP contribution in [0.4, 0.5) is 8.78 Å². The van der Waals surface area contributed by atoms with Gasteiger partial charge in [0.2, 0.25) is 5.82 Å². The Kier molecular flexibility index (Phi) is 8.15. The van der Waals surface area contributed by atoms with E-state index in [1.807, 2.05) is 55.5 Å². The molecule has 0 aliphatic carbocycles. The van der Waals surface area contributed by atoms with Gasteiger partial charge in [0, 0.05) is 5.56 Å². The minimum Gasteiger partial charge on any atom is -0.494 e. The summed E-state index contributed by atoms with van der Waals surface area (Å²) in [5, 5.41) is 0. The minimum absolute atomic E-state index is 0.0356. The van der Waals surface area contributed by atoms with Gasteiger partial charge in [0.15, 0.2) is 11.6 Å². The first-order valence-electron chi connectivity index (χ1n) is 12.2. The molecule has 0 bridgehead atoms. The smallest absolute Gasteiger partial charge is 0.201 e. The highest BCUT2D eigenvalue weighted by molar-refractivity contribution is 5.73. The van der Waals surface area contributed by atoms with Crippen LogP contribution in [-0.2, 0) is 0 Å². The molecular formula is C31H30F2O2. The Hall–Kier alpha value is -3.66. The minimum atomic E-state index is -0.937. The topological polar surface area (TPSA) is 18.5 Å². The third kappa shape index (κ3) is 5.89. The van der Waals surface area contributed by atoms with E-state index < -0.39 is 11.6 Å². The van der Waals surface area contributed by atoms with Crippen LogP contribution in [0.25, 0.3) is 33.4 Å². The maximum atomic E-state index is 14.8. The molecule has 0 saturated heterocycles. The second-order valence-corrected chi connectivity index (χ2v) is 8.41. The molecule has 0 heterocycles. The lowest BCUT2D eigenvalue weighted by molar-refractivity contribution is 0.286. The molecule has 0 aliphatic rings. The van der Waals surface area contributed by atoms with Crippen molar-refractivity contribution in [2.45, 2.75) is 33.1 Å². The summed E-state index contributed by atoms with van der Waals surface area (Å²) in [6, 6.07) is 26.9. The highest BCUT2D eigenvalue weighted by atomic mass is 19.2. The van der Waals surface area contributed by atoms with Crippen LogP contribution in [0.1, 0.15) is 33.1 Å². The molecule has 0 radical (unpaired) electrons. The van der Waals surface area contributed by atoms with Crippen LogP contribution in [0.15, 0.2) is 84.9 Å². The summed E-state index contributed by atoms with van der Waals surface area (Å²) >= 11 is 0. The molecule has 2 nitrogen and oxygen atoms in total. The second kappa shape index (κ2) is 11.7. The van der Waals surface area contributed by atoms with E-state index in [1.54, 1.807) is 6.07 Å². The fraction of sp³-hybridized carbons (Fsp3) is 0.226. The molecule has 4 rings (SSSR count). The zero-order valence-corrected chi connectivity index (χ0v) is 20.2. The Balaban J connectivity index is 1.47. The largest absolute Gasteiger partial charge is 0.494 e. The number of hydrogen-bond donors (Lipinski definition) is 0. The van der Waals surface area contributed by atoms with Gasteiger partial charge >= 0.3 is 0 Å². The van der Waals surface area contributed by atoms with Gasteiger partial charge in [-0.05, 0) is 65.4 Å². The van der Waals surface area contributed by atoms with Crippen LogP contribution in [0.5, 0.6) is 11.5 Å². The van der Waals surface area contributed by atoms with Gasteiger partial charge in [0.05, 0.1) is 13.2 Å². The summed E-state index contributed by atoms with van der Waals surface area (Å²) in [7, 11) is 0. The third-order valence-corrected chi connectivity index (χ3v) is 5.97. The lowest BCUT2D eigenvalue weighted by atomic mass is 9.98. The molecular weight excluding hydrogens is 442 g/mol. The van der Waals surface area contributed by atoms with Crippen LogP contribution < -0.4 is 9.47 Å². The molecule has 0 N–H and O–H groups in total. The van der Waals surface area contributed by atoms with Gasteiger partial charge in [-0.1, -0.05) is 80.4 Å². The number of benzene rings is 4. The average Bonchev–Trinajstić information content (AvgIpc) is 2.90. The van der Waals surface area contributed by atoms with Crippen molar-refractivity contribution in [3.05, 3.63) is 96.6 Å². The van der Waals surface area contributed by atoms with E-state index >= 15 is 0 Å². The van der Waals surface area contributed by atoms with Crippen LogP contribution in [0.2, 0.25) is 0 Å². The molecule has 4 heteroatoms. The fourth-order valence-corrected chi connectivity index (χ4v) is 4.01. The first-order chi connectivity index (χ1) is 17.1. The van der Waals surface area contributed by atoms with Crippen molar-refractivity contribution < 1.29 is 18.3 Å². The molecule has 4 aromatic carbocycles. The highest BCUT2D eigenvalue weighted by Gasteiger charge is 2.16. The van der Waals surface area contributed by atoms with Gasteiger partial charge in [-0.15, -0.1) is 0 Å². The molecule has 0 unspecified atom stereocenters. The Labute approximate surface area is 206 Å². The maximum Gasteiger partial charge on any atom is 0.201 e. The second-order valence-electron chi connectivity index (χ2n) is 8.41. The Morgan fingerprint density at radius 2 is 1.06 bits per heavy atom. The molecule has 0 aromatic heterocycles. The van der Waals surface area contributed by atoms with E-state index in [0.29, 0.717) is 18.8 Å². The summed E-state index contributed by atoms with van der Waals surface area (Å²) in [6.07, 6.45) is 2.86. The van der Waals surface area contributed by atoms with E-state index in [0.717, 1.165) is 47.3 Å². The van der Waals surface area contributed by atoms with E-state index in [-0.39, 0.29) is 11.3 Å². The zero-order chi connectivity index (χ0) is 24.6. The number of halogens is 2. The average molecular weight is 473 g/mol. The molecule has 35 heavy (non-hydrogen) atoms. The Morgan fingerprint density at radius 1 is 0.543 bits per heavy atom. The lowest BCUT2D eigenvalue weighted by Gasteiger charge is -2.11. The molecule has 0 amide bonds. The SMILES string of the molecule is CCCCCOc1ccc(-c2ccc(-c3ccc(-c4ccc(OCC)cc4)cc3)cc2)c(F)c1F. The highest BCUT2D eigenvalue weighted by Crippen LogP contribution is 2.32. The van der Waals surface area contributed by atoms with Gasteiger partial charge in [0.25, 0.3) is 0 Å². The van der Waals surface area contributed by atoms with Crippen molar-refractivity contribution in [2.24, 2.45) is 0 Å². The number of unbranched alkanes of at least 4 members (excludes halogenated alkanes) is 2. The van der Waals surface area contributed by atoms with Crippen molar-refractivity contribution in [2.75, 3.05) is 13.2 Å². The fourth-order valence-electron chi connectivity index (χ4n) is 4.01. The quantitative estimate of drug-likeness (QED) is 0.215. The van der Waals surface area contributed by atoms with Gasteiger partial charge in [0.1, 0.15) is 5.75 Å². The van der Waals surface area contributed by atoms with Crippen LogP contribution in [-0.4, -0.2) is 13.2 Å². The van der Waals surface area contributed by atoms with Crippen molar-refractivity contribution >= 4 is 0 Å². The summed E-state index contributed by atoms with van der Waals surface area (Å²) in [5.74, 6) is -0.997. The van der Waals surface area contributed by atoms with Gasteiger partial charge in [-0.3, -0.25) is 0 Å². The van der Waals surface area contributed by atoms with Crippen LogP contribution >= 0.6 is 0 Å². The lowest BCUT2D eigenvalue weighted by Crippen LogP contribution is -2.01. The van der Waals surface area contributed by atoms with Gasteiger partial charge in [-0.2, -0.15) is 4.39 Å². The molecule has 180 valence electrons. The van der Waals surface area contributed by atoms with Crippen molar-refractivity contribution in [3.8, 4) is 44.9 Å². The van der Waals surface area contributed by atoms with Crippen molar-refractivity contribution in [1.29, 1.82) is 0 Å². The third-order valence-electron chi connectivity index (χ3n) is 5.97. The van der Waals surface area contributed by atoms with Crippen LogP contribution in [0, 0.1) is 11.6 Å². The van der Waals surface area contributed by atoms with Crippen molar-refractivity contribution in [1.82, 2.24) is 0 Å². The summed E-state index contributed by atoms with van der Waals surface area (Å²) in [5.41, 5.74) is 5.13. The Morgan fingerprint density at radius 3 is 1.57 bits per heavy atom. The van der Waals surface area contributed by atoms with Crippen molar-refractivity contribution in [3.63, 3.8) is 0 Å². The standard InChI is InChI=1S/C31H30F2O2/c1-3-5-6-21-35-29-20-19-28(30(32)31(29)33)26-13-11-24(12-14-26)22-7-9-23(10-8-22)25-15-17-27(18-16-25)34-4-2/h7-20H,3-6,21H2,1-2H3. The summed E-state index contributed by atoms with van der Waals surface area (Å²) in [6.45, 7) is 5.08.